The predicted octanol–water partition coefficient (Wildman–Crippen LogP) is 1.40. The molecular formula is C21H29N3O5S. The normalized spacial score (nSPS) is 26.2. The Morgan fingerprint density at radius 3 is 2.57 bits per heavy atom. The maximum absolute atomic E-state index is 13.1. The van der Waals surface area contributed by atoms with Crippen LogP contribution in [0.1, 0.15) is 45.1 Å². The number of nitrogens with zero attached hydrogens (tertiary/aromatic N) is 1. The first-order valence-electron chi connectivity index (χ1n) is 10.1. The fourth-order valence-corrected chi connectivity index (χ4v) is 5.52. The first kappa shape index (κ1) is 22.3. The number of carbonyl (C=O) groups is 2. The van der Waals surface area contributed by atoms with E-state index in [-0.39, 0.29) is 22.8 Å². The van der Waals surface area contributed by atoms with Crippen molar-refractivity contribution in [1.29, 1.82) is 0 Å². The summed E-state index contributed by atoms with van der Waals surface area (Å²) in [6, 6.07) is 5.00. The molecule has 0 saturated heterocycles. The van der Waals surface area contributed by atoms with E-state index in [0.717, 1.165) is 9.87 Å². The van der Waals surface area contributed by atoms with Gasteiger partial charge in [-0.15, -0.1) is 0 Å². The first-order valence-corrected chi connectivity index (χ1v) is 11.5. The maximum Gasteiger partial charge on any atom is 0.264 e. The lowest BCUT2D eigenvalue weighted by Crippen LogP contribution is -2.54. The van der Waals surface area contributed by atoms with Gasteiger partial charge in [0.15, 0.2) is 0 Å². The van der Waals surface area contributed by atoms with Crippen LogP contribution >= 0.6 is 0 Å². The number of hydrogen-bond donors (Lipinski definition) is 3. The van der Waals surface area contributed by atoms with E-state index in [1.165, 1.54) is 24.5 Å². The molecule has 1 fully saturated rings. The molecule has 1 aliphatic carbocycles. The summed E-state index contributed by atoms with van der Waals surface area (Å²) in [5.41, 5.74) is 0.618. The van der Waals surface area contributed by atoms with Gasteiger partial charge in [0.2, 0.25) is 11.8 Å². The van der Waals surface area contributed by atoms with E-state index in [9.17, 15) is 23.1 Å². The monoisotopic (exact) mass is 435 g/mol. The Hall–Kier alpha value is -2.39. The fraction of sp³-hybridized carbons (Fsp3) is 0.524. The number of aliphatic hydroxyl groups is 1. The Bertz CT molecular complexity index is 940. The average molecular weight is 436 g/mol. The molecule has 0 spiro atoms. The van der Waals surface area contributed by atoms with Crippen molar-refractivity contribution >= 4 is 21.8 Å². The average Bonchev–Trinajstić information content (AvgIpc) is 2.65. The lowest BCUT2D eigenvalue weighted by atomic mass is 9.72. The van der Waals surface area contributed by atoms with Crippen LogP contribution in [0, 0.1) is 12.3 Å². The minimum Gasteiger partial charge on any atom is -0.393 e. The van der Waals surface area contributed by atoms with Gasteiger partial charge < -0.3 is 15.7 Å². The second-order valence-corrected chi connectivity index (χ2v) is 10.6. The largest absolute Gasteiger partial charge is 0.393 e. The number of sulfonamides is 1. The van der Waals surface area contributed by atoms with Crippen molar-refractivity contribution in [1.82, 2.24) is 14.9 Å². The molecule has 1 aromatic carbocycles. The molecule has 3 rings (SSSR count). The highest BCUT2D eigenvalue weighted by Crippen LogP contribution is 2.35. The van der Waals surface area contributed by atoms with Crippen LogP contribution in [-0.4, -0.2) is 47.8 Å². The Morgan fingerprint density at radius 2 is 1.93 bits per heavy atom. The summed E-state index contributed by atoms with van der Waals surface area (Å²) in [4.78, 5) is 25.3. The third-order valence-corrected chi connectivity index (χ3v) is 7.66. The fourth-order valence-electron chi connectivity index (χ4n) is 4.07. The molecule has 1 aliphatic heterocycles. The zero-order valence-corrected chi connectivity index (χ0v) is 18.3. The minimum atomic E-state index is -4.00. The highest BCUT2D eigenvalue weighted by atomic mass is 32.2. The van der Waals surface area contributed by atoms with Crippen LogP contribution in [-0.2, 0) is 19.6 Å². The summed E-state index contributed by atoms with van der Waals surface area (Å²) in [6.45, 7) is 5.80. The Morgan fingerprint density at radius 1 is 1.27 bits per heavy atom. The highest BCUT2D eigenvalue weighted by molar-refractivity contribution is 7.89. The summed E-state index contributed by atoms with van der Waals surface area (Å²) in [5, 5.41) is 15.3. The van der Waals surface area contributed by atoms with Crippen LogP contribution in [0.5, 0.6) is 0 Å². The van der Waals surface area contributed by atoms with Gasteiger partial charge in [-0.05, 0) is 43.7 Å². The number of nitrogens with one attached hydrogen (secondary N) is 2. The third kappa shape index (κ3) is 4.67. The van der Waals surface area contributed by atoms with Crippen molar-refractivity contribution < 1.29 is 23.1 Å². The number of benzene rings is 1. The van der Waals surface area contributed by atoms with Gasteiger partial charge in [0.1, 0.15) is 6.04 Å². The number of amides is 2. The third-order valence-electron chi connectivity index (χ3n) is 5.86. The van der Waals surface area contributed by atoms with E-state index in [2.05, 4.69) is 10.6 Å². The molecule has 3 atom stereocenters. The van der Waals surface area contributed by atoms with Crippen molar-refractivity contribution in [3.63, 3.8) is 0 Å². The van der Waals surface area contributed by atoms with E-state index in [4.69, 9.17) is 0 Å². The van der Waals surface area contributed by atoms with Crippen LogP contribution in [0.2, 0.25) is 0 Å². The van der Waals surface area contributed by atoms with Gasteiger partial charge in [0.25, 0.3) is 10.0 Å². The number of aryl methyl sites for hydroxylation is 1. The molecule has 0 bridgehead atoms. The van der Waals surface area contributed by atoms with Gasteiger partial charge in [-0.2, -0.15) is 0 Å². The lowest BCUT2D eigenvalue weighted by Gasteiger charge is -2.41. The molecule has 30 heavy (non-hydrogen) atoms. The van der Waals surface area contributed by atoms with Gasteiger partial charge in [-0.1, -0.05) is 31.5 Å². The highest BCUT2D eigenvalue weighted by Gasteiger charge is 2.40. The smallest absolute Gasteiger partial charge is 0.264 e. The number of hydrogen-bond acceptors (Lipinski definition) is 5. The van der Waals surface area contributed by atoms with Crippen LogP contribution < -0.4 is 10.6 Å². The molecule has 2 aliphatic rings. The van der Waals surface area contributed by atoms with E-state index in [1.807, 2.05) is 20.8 Å². The molecule has 8 nitrogen and oxygen atoms in total. The summed E-state index contributed by atoms with van der Waals surface area (Å²) in [5.74, 6) is -0.953. The van der Waals surface area contributed by atoms with Gasteiger partial charge in [-0.25, -0.2) is 8.42 Å². The SMILES string of the molecule is Cc1ccc(S(=O)(=O)N2C=CNC(=O)[C@H]2CC(=O)N[C@@H]2CC[C@@H](O)CC2(C)C)cc1. The Kier molecular flexibility index (Phi) is 6.24. The number of aliphatic hydroxyl groups excluding tert-OH is 1. The van der Waals surface area contributed by atoms with Crippen molar-refractivity contribution in [2.24, 2.45) is 5.41 Å². The second kappa shape index (κ2) is 8.39. The van der Waals surface area contributed by atoms with Gasteiger partial charge in [0, 0.05) is 18.4 Å². The summed E-state index contributed by atoms with van der Waals surface area (Å²) in [6.07, 6.45) is 3.63. The Labute approximate surface area is 177 Å². The van der Waals surface area contributed by atoms with Gasteiger partial charge >= 0.3 is 0 Å². The number of rotatable bonds is 5. The molecule has 0 aromatic heterocycles. The minimum absolute atomic E-state index is 0.0558. The van der Waals surface area contributed by atoms with Crippen molar-refractivity contribution in [2.75, 3.05) is 0 Å². The van der Waals surface area contributed by atoms with Crippen LogP contribution in [0.4, 0.5) is 0 Å². The topological polar surface area (TPSA) is 116 Å². The van der Waals surface area contributed by atoms with E-state index in [0.29, 0.717) is 19.3 Å². The molecular weight excluding hydrogens is 406 g/mol. The Balaban J connectivity index is 1.77. The predicted molar refractivity (Wildman–Crippen MR) is 111 cm³/mol. The number of carbonyl (C=O) groups excluding carboxylic acids is 2. The lowest BCUT2D eigenvalue weighted by molar-refractivity contribution is -0.130. The molecule has 3 N–H and O–H groups in total. The molecule has 0 unspecified atom stereocenters. The van der Waals surface area contributed by atoms with E-state index >= 15 is 0 Å². The second-order valence-electron chi connectivity index (χ2n) is 8.74. The summed E-state index contributed by atoms with van der Waals surface area (Å²) >= 11 is 0. The summed E-state index contributed by atoms with van der Waals surface area (Å²) in [7, 11) is -4.00. The quantitative estimate of drug-likeness (QED) is 0.647. The molecule has 1 aromatic rings. The molecule has 1 heterocycles. The maximum atomic E-state index is 13.1. The van der Waals surface area contributed by atoms with Crippen molar-refractivity contribution in [3.8, 4) is 0 Å². The molecule has 1 saturated carbocycles. The standard InChI is InChI=1S/C21H29N3O5S/c1-14-4-7-16(8-5-14)30(28,29)24-11-10-22-20(27)17(24)12-19(26)23-18-9-6-15(25)13-21(18,2)3/h4-5,7-8,10-11,15,17-18,25H,6,9,12-13H2,1-3H3,(H,22,27)(H,23,26)/t15-,17-,18-/m1/s1. The van der Waals surface area contributed by atoms with Crippen LogP contribution in [0.15, 0.2) is 41.6 Å². The molecule has 164 valence electrons. The van der Waals surface area contributed by atoms with Gasteiger partial charge in [0.05, 0.1) is 17.4 Å². The zero-order valence-electron chi connectivity index (χ0n) is 17.5. The summed E-state index contributed by atoms with van der Waals surface area (Å²) < 4.78 is 27.2. The van der Waals surface area contributed by atoms with Crippen LogP contribution in [0.25, 0.3) is 0 Å². The molecule has 2 amide bonds. The molecule has 0 radical (unpaired) electrons. The first-order chi connectivity index (χ1) is 14.0. The van der Waals surface area contributed by atoms with Crippen molar-refractivity contribution in [2.45, 2.75) is 69.5 Å². The van der Waals surface area contributed by atoms with E-state index < -0.39 is 34.0 Å². The zero-order chi connectivity index (χ0) is 22.1. The van der Waals surface area contributed by atoms with Crippen LogP contribution in [0.3, 0.4) is 0 Å². The van der Waals surface area contributed by atoms with E-state index in [1.54, 1.807) is 12.1 Å². The van der Waals surface area contributed by atoms with Crippen molar-refractivity contribution in [3.05, 3.63) is 42.2 Å². The van der Waals surface area contributed by atoms with Gasteiger partial charge in [-0.3, -0.25) is 13.9 Å². The molecule has 9 heteroatoms.